The summed E-state index contributed by atoms with van der Waals surface area (Å²) in [6.45, 7) is 4.03. The molecule has 1 unspecified atom stereocenters. The van der Waals surface area contributed by atoms with Gasteiger partial charge in [-0.05, 0) is 30.9 Å². The average molecular weight is 395 g/mol. The van der Waals surface area contributed by atoms with Gasteiger partial charge in [0.25, 0.3) is 0 Å². The van der Waals surface area contributed by atoms with E-state index in [1.807, 2.05) is 30.0 Å². The molecule has 1 aromatic rings. The molecule has 0 bridgehead atoms. The van der Waals surface area contributed by atoms with E-state index in [1.165, 1.54) is 6.26 Å². The van der Waals surface area contributed by atoms with Crippen molar-refractivity contribution in [2.45, 2.75) is 45.3 Å². The van der Waals surface area contributed by atoms with E-state index < -0.39 is 9.84 Å². The van der Waals surface area contributed by atoms with E-state index in [0.717, 1.165) is 24.1 Å². The number of sulfone groups is 1. The summed E-state index contributed by atoms with van der Waals surface area (Å²) in [6, 6.07) is 8.16. The van der Waals surface area contributed by atoms with Crippen LogP contribution in [0.3, 0.4) is 0 Å². The number of rotatable bonds is 8. The predicted molar refractivity (Wildman–Crippen MR) is 108 cm³/mol. The van der Waals surface area contributed by atoms with Crippen molar-refractivity contribution < 1.29 is 13.2 Å². The molecule has 1 aromatic carbocycles. The Morgan fingerprint density at radius 2 is 2.07 bits per heavy atom. The van der Waals surface area contributed by atoms with Crippen molar-refractivity contribution >= 4 is 21.7 Å². The van der Waals surface area contributed by atoms with Crippen LogP contribution in [0.2, 0.25) is 0 Å². The molecule has 1 saturated heterocycles. The van der Waals surface area contributed by atoms with Gasteiger partial charge in [-0.2, -0.15) is 0 Å². The average Bonchev–Trinajstić information content (AvgIpc) is 3.01. The number of aliphatic imine (C=N–C) groups is 1. The van der Waals surface area contributed by atoms with Crippen LogP contribution in [0.15, 0.2) is 29.3 Å². The van der Waals surface area contributed by atoms with Crippen molar-refractivity contribution in [1.82, 2.24) is 15.5 Å². The first-order valence-electron chi connectivity index (χ1n) is 9.27. The first-order chi connectivity index (χ1) is 12.8. The third-order valence-electron chi connectivity index (χ3n) is 4.52. The SMILES string of the molecule is CN=C(NCc1cccc(CN2CCCC2=O)c1)NC(C)CCS(C)(=O)=O. The van der Waals surface area contributed by atoms with Crippen molar-refractivity contribution in [2.75, 3.05) is 25.6 Å². The summed E-state index contributed by atoms with van der Waals surface area (Å²) in [5.41, 5.74) is 2.22. The van der Waals surface area contributed by atoms with Crippen molar-refractivity contribution in [1.29, 1.82) is 0 Å². The van der Waals surface area contributed by atoms with Crippen LogP contribution in [0.4, 0.5) is 0 Å². The topological polar surface area (TPSA) is 90.9 Å². The number of carbonyl (C=O) groups excluding carboxylic acids is 1. The predicted octanol–water partition coefficient (Wildman–Crippen LogP) is 1.30. The molecule has 1 amide bonds. The van der Waals surface area contributed by atoms with Gasteiger partial charge in [0.15, 0.2) is 5.96 Å². The molecule has 0 aliphatic carbocycles. The molecule has 0 radical (unpaired) electrons. The number of hydrogen-bond acceptors (Lipinski definition) is 4. The Kier molecular flexibility index (Phi) is 7.65. The quantitative estimate of drug-likeness (QED) is 0.512. The number of guanidine groups is 1. The van der Waals surface area contributed by atoms with E-state index in [2.05, 4.69) is 21.7 Å². The summed E-state index contributed by atoms with van der Waals surface area (Å²) in [5.74, 6) is 1.01. The third kappa shape index (κ3) is 7.58. The van der Waals surface area contributed by atoms with Crippen LogP contribution < -0.4 is 10.6 Å². The van der Waals surface area contributed by atoms with Gasteiger partial charge in [-0.15, -0.1) is 0 Å². The van der Waals surface area contributed by atoms with Crippen LogP contribution in [0.25, 0.3) is 0 Å². The van der Waals surface area contributed by atoms with Gasteiger partial charge in [0.2, 0.25) is 5.91 Å². The molecule has 1 heterocycles. The minimum atomic E-state index is -2.96. The van der Waals surface area contributed by atoms with Crippen LogP contribution in [-0.2, 0) is 27.7 Å². The molecule has 150 valence electrons. The van der Waals surface area contributed by atoms with Crippen molar-refractivity contribution in [2.24, 2.45) is 4.99 Å². The van der Waals surface area contributed by atoms with E-state index in [9.17, 15) is 13.2 Å². The summed E-state index contributed by atoms with van der Waals surface area (Å²) < 4.78 is 22.6. The zero-order chi connectivity index (χ0) is 19.9. The minimum absolute atomic E-state index is 0.00145. The van der Waals surface area contributed by atoms with Gasteiger partial charge in [-0.3, -0.25) is 9.79 Å². The highest BCUT2D eigenvalue weighted by Gasteiger charge is 2.19. The van der Waals surface area contributed by atoms with E-state index in [1.54, 1.807) is 7.05 Å². The molecule has 1 aliphatic heterocycles. The molecule has 0 aromatic heterocycles. The lowest BCUT2D eigenvalue weighted by molar-refractivity contribution is -0.128. The van der Waals surface area contributed by atoms with Crippen LogP contribution in [0.5, 0.6) is 0 Å². The van der Waals surface area contributed by atoms with Gasteiger partial charge in [0.1, 0.15) is 9.84 Å². The third-order valence-corrected chi connectivity index (χ3v) is 5.50. The molecule has 2 rings (SSSR count). The standard InChI is InChI=1S/C19H30N4O3S/c1-15(9-11-27(3,25)26)22-19(20-2)21-13-16-6-4-7-17(12-16)14-23-10-5-8-18(23)24/h4,6-7,12,15H,5,8-11,13-14H2,1-3H3,(H2,20,21,22). The molecule has 0 saturated carbocycles. The van der Waals surface area contributed by atoms with E-state index in [4.69, 9.17) is 0 Å². The Labute approximate surface area is 162 Å². The minimum Gasteiger partial charge on any atom is -0.354 e. The molecule has 0 spiro atoms. The Morgan fingerprint density at radius 3 is 2.70 bits per heavy atom. The van der Waals surface area contributed by atoms with Gasteiger partial charge >= 0.3 is 0 Å². The molecule has 1 aliphatic rings. The molecule has 27 heavy (non-hydrogen) atoms. The number of hydrogen-bond donors (Lipinski definition) is 2. The normalized spacial score (nSPS) is 16.5. The van der Waals surface area contributed by atoms with Crippen LogP contribution in [-0.4, -0.2) is 56.8 Å². The van der Waals surface area contributed by atoms with Gasteiger partial charge in [0, 0.05) is 45.4 Å². The molecular formula is C19H30N4O3S. The van der Waals surface area contributed by atoms with Crippen LogP contribution in [0.1, 0.15) is 37.3 Å². The van der Waals surface area contributed by atoms with Crippen LogP contribution in [0, 0.1) is 0 Å². The second kappa shape index (κ2) is 9.73. The van der Waals surface area contributed by atoms with Crippen molar-refractivity contribution in [3.63, 3.8) is 0 Å². The van der Waals surface area contributed by atoms with Gasteiger partial charge in [0.05, 0.1) is 5.75 Å². The summed E-state index contributed by atoms with van der Waals surface area (Å²) in [5, 5.41) is 6.46. The van der Waals surface area contributed by atoms with Gasteiger partial charge in [-0.25, -0.2) is 8.42 Å². The fraction of sp³-hybridized carbons (Fsp3) is 0.579. The first kappa shape index (κ1) is 21.2. The molecule has 2 N–H and O–H groups in total. The summed E-state index contributed by atoms with van der Waals surface area (Å²) in [4.78, 5) is 17.9. The van der Waals surface area contributed by atoms with Crippen LogP contribution >= 0.6 is 0 Å². The monoisotopic (exact) mass is 394 g/mol. The second-order valence-corrected chi connectivity index (χ2v) is 9.39. The lowest BCUT2D eigenvalue weighted by atomic mass is 10.1. The van der Waals surface area contributed by atoms with Gasteiger partial charge in [-0.1, -0.05) is 24.3 Å². The fourth-order valence-electron chi connectivity index (χ4n) is 3.01. The molecule has 7 nitrogen and oxygen atoms in total. The summed E-state index contributed by atoms with van der Waals surface area (Å²) in [7, 11) is -1.28. The Bertz CT molecular complexity index is 777. The lowest BCUT2D eigenvalue weighted by Crippen LogP contribution is -2.42. The summed E-state index contributed by atoms with van der Waals surface area (Å²) in [6.07, 6.45) is 3.37. The molecular weight excluding hydrogens is 364 g/mol. The number of likely N-dealkylation sites (tertiary alicyclic amines) is 1. The highest BCUT2D eigenvalue weighted by Crippen LogP contribution is 2.15. The molecule has 8 heteroatoms. The number of amides is 1. The van der Waals surface area contributed by atoms with E-state index in [0.29, 0.717) is 31.9 Å². The van der Waals surface area contributed by atoms with Crippen molar-refractivity contribution in [3.05, 3.63) is 35.4 Å². The Hall–Kier alpha value is -2.09. The summed E-state index contributed by atoms with van der Waals surface area (Å²) >= 11 is 0. The second-order valence-electron chi connectivity index (χ2n) is 7.13. The highest BCUT2D eigenvalue weighted by atomic mass is 32.2. The maximum atomic E-state index is 11.8. The number of nitrogens with one attached hydrogen (secondary N) is 2. The number of nitrogens with zero attached hydrogens (tertiary/aromatic N) is 2. The van der Waals surface area contributed by atoms with E-state index in [-0.39, 0.29) is 17.7 Å². The maximum Gasteiger partial charge on any atom is 0.222 e. The first-order valence-corrected chi connectivity index (χ1v) is 11.3. The highest BCUT2D eigenvalue weighted by molar-refractivity contribution is 7.90. The zero-order valence-electron chi connectivity index (χ0n) is 16.4. The molecule has 1 fully saturated rings. The number of carbonyl (C=O) groups is 1. The Balaban J connectivity index is 1.85. The van der Waals surface area contributed by atoms with E-state index >= 15 is 0 Å². The lowest BCUT2D eigenvalue weighted by Gasteiger charge is -2.18. The molecule has 1 atom stereocenters. The smallest absolute Gasteiger partial charge is 0.222 e. The fourth-order valence-corrected chi connectivity index (χ4v) is 3.79. The zero-order valence-corrected chi connectivity index (χ0v) is 17.2. The largest absolute Gasteiger partial charge is 0.354 e. The number of benzene rings is 1. The maximum absolute atomic E-state index is 11.8. The van der Waals surface area contributed by atoms with Crippen molar-refractivity contribution in [3.8, 4) is 0 Å². The van der Waals surface area contributed by atoms with Gasteiger partial charge < -0.3 is 15.5 Å². The Morgan fingerprint density at radius 1 is 1.33 bits per heavy atom.